The predicted octanol–water partition coefficient (Wildman–Crippen LogP) is 3.49. The van der Waals surface area contributed by atoms with E-state index in [1.54, 1.807) is 0 Å². The van der Waals surface area contributed by atoms with Gasteiger partial charge in [-0.2, -0.15) is 0 Å². The Labute approximate surface area is 257 Å². The number of H-pyrrole nitrogens is 2. The molecule has 0 unspecified atom stereocenters. The predicted molar refractivity (Wildman–Crippen MR) is 162 cm³/mol. The molecular weight excluding hydrogens is 602 g/mol. The van der Waals surface area contributed by atoms with E-state index in [1.807, 2.05) is 97.1 Å². The minimum absolute atomic E-state index is 0. The molecule has 197 valence electrons. The average molecular weight is 620 g/mol. The Morgan fingerprint density at radius 1 is 0.333 bits per heavy atom. The zero-order valence-corrected chi connectivity index (χ0v) is 25.1. The van der Waals surface area contributed by atoms with Crippen molar-refractivity contribution in [2.75, 3.05) is 0 Å². The topological polar surface area (TPSA) is 109 Å². The molecule has 5 heterocycles. The van der Waals surface area contributed by atoms with Gasteiger partial charge in [0.25, 0.3) is 0 Å². The number of nitrogens with zero attached hydrogens (tertiary/aromatic N) is 6. The van der Waals surface area contributed by atoms with E-state index < -0.39 is 0 Å². The number of nitrogens with one attached hydrogen (secondary N) is 2. The monoisotopic (exact) mass is 618 g/mol. The van der Waals surface area contributed by atoms with Crippen LogP contribution in [0.2, 0.25) is 0 Å². The molecule has 0 fully saturated rings. The Hall–Kier alpha value is -4.83. The van der Waals surface area contributed by atoms with E-state index in [1.165, 1.54) is 0 Å². The Balaban J connectivity index is 0.00000144. The van der Waals surface area contributed by atoms with Crippen molar-refractivity contribution < 1.29 is 12.4 Å². The Morgan fingerprint density at radius 2 is 0.571 bits per heavy atom. The number of fused-ring (bicyclic) bond motifs is 20. The number of hydrogen-bond donors (Lipinski definition) is 2. The molecule has 7 aromatic rings. The van der Waals surface area contributed by atoms with Gasteiger partial charge in [0.2, 0.25) is 0 Å². The van der Waals surface area contributed by atoms with Crippen LogP contribution in [-0.4, -0.2) is 59.7 Å². The van der Waals surface area contributed by atoms with Gasteiger partial charge in [-0.15, -0.1) is 0 Å². The third kappa shape index (κ3) is 3.86. The van der Waals surface area contributed by atoms with Crippen molar-refractivity contribution in [1.29, 1.82) is 0 Å². The Morgan fingerprint density at radius 3 is 0.833 bits per heavy atom. The summed E-state index contributed by atoms with van der Waals surface area (Å²) in [5.41, 5.74) is 6.45. The van der Waals surface area contributed by atoms with Gasteiger partial charge in [0.05, 0.1) is 0 Å². The molecule has 0 saturated carbocycles. The summed E-state index contributed by atoms with van der Waals surface area (Å²) in [6.07, 6.45) is 0. The molecule has 2 aliphatic rings. The molecule has 2 N–H and O–H groups in total. The minimum Gasteiger partial charge on any atom is -1.00 e. The van der Waals surface area contributed by atoms with Crippen LogP contribution < -0.4 is 12.4 Å². The van der Waals surface area contributed by atoms with Crippen LogP contribution >= 0.6 is 0 Å². The van der Waals surface area contributed by atoms with Crippen LogP contribution in [-0.2, 0) is 0 Å². The molecule has 0 amide bonds. The van der Waals surface area contributed by atoms with E-state index in [4.69, 9.17) is 29.9 Å². The van der Waals surface area contributed by atoms with Gasteiger partial charge in [-0.3, -0.25) is 0 Å². The summed E-state index contributed by atoms with van der Waals surface area (Å²) in [6.45, 7) is 0. The average Bonchev–Trinajstić information content (AvgIpc) is 3.73. The molecular formula is C32H18ClGaN8-. The summed E-state index contributed by atoms with van der Waals surface area (Å²) < 4.78 is 0. The first-order valence-electron chi connectivity index (χ1n) is 13.0. The largest absolute Gasteiger partial charge is 1.00 e. The van der Waals surface area contributed by atoms with E-state index >= 15 is 0 Å². The molecule has 8 nitrogen and oxygen atoms in total. The number of aromatic nitrogens is 8. The van der Waals surface area contributed by atoms with Crippen molar-refractivity contribution in [3.8, 4) is 45.6 Å². The second-order valence-corrected chi connectivity index (χ2v) is 9.79. The molecule has 0 saturated heterocycles. The summed E-state index contributed by atoms with van der Waals surface area (Å²) in [5, 5.41) is 3.82. The van der Waals surface area contributed by atoms with Crippen LogP contribution in [0.5, 0.6) is 0 Å². The molecule has 8 bridgehead atoms. The summed E-state index contributed by atoms with van der Waals surface area (Å²) in [7, 11) is 0. The summed E-state index contributed by atoms with van der Waals surface area (Å²) in [6, 6.07) is 32.2. The molecule has 9 rings (SSSR count). The molecule has 2 aliphatic heterocycles. The smallest absolute Gasteiger partial charge is 0.164 e. The van der Waals surface area contributed by atoms with Crippen LogP contribution in [0.15, 0.2) is 97.1 Å². The molecule has 0 spiro atoms. The zero-order valence-electron chi connectivity index (χ0n) is 21.9. The maximum absolute atomic E-state index is 5.02. The van der Waals surface area contributed by atoms with Crippen LogP contribution in [0.4, 0.5) is 0 Å². The standard InChI is InChI=1S/C32H18N8.ClH.Ga/c1-2-10-18-17(9-1)25-33-26(18)38-28-21-13-5-6-14-22(21)30(35-28)40-32-24-16-8-7-15-23(24)31(36-32)39-29-20-12-4-3-11-19(20)27(34-29)37-25;;/h1-16H,(H2,33,34,35,36,37,38,39,40);1H;/p-1. The van der Waals surface area contributed by atoms with Crippen molar-refractivity contribution >= 4 is 63.9 Å². The second kappa shape index (κ2) is 9.91. The van der Waals surface area contributed by atoms with E-state index in [0.29, 0.717) is 45.9 Å². The fraction of sp³-hybridized carbons (Fsp3) is 0. The summed E-state index contributed by atoms with van der Waals surface area (Å²) in [5.74, 6) is 2.39. The first-order chi connectivity index (χ1) is 19.8. The van der Waals surface area contributed by atoms with E-state index in [2.05, 4.69) is 9.97 Å². The van der Waals surface area contributed by atoms with Crippen molar-refractivity contribution in [2.45, 2.75) is 0 Å². The van der Waals surface area contributed by atoms with Gasteiger partial charge in [-0.1, -0.05) is 97.1 Å². The maximum atomic E-state index is 5.02. The first-order valence-corrected chi connectivity index (χ1v) is 13.0. The van der Waals surface area contributed by atoms with Crippen LogP contribution in [0.25, 0.3) is 89.7 Å². The fourth-order valence-electron chi connectivity index (χ4n) is 5.59. The van der Waals surface area contributed by atoms with Crippen molar-refractivity contribution in [3.05, 3.63) is 97.1 Å². The fourth-order valence-corrected chi connectivity index (χ4v) is 5.59. The van der Waals surface area contributed by atoms with Gasteiger partial charge in [-0.25, -0.2) is 29.9 Å². The number of benzene rings is 4. The van der Waals surface area contributed by atoms with Gasteiger partial charge in [0.15, 0.2) is 23.3 Å². The molecule has 3 radical (unpaired) electrons. The number of rotatable bonds is 0. The summed E-state index contributed by atoms with van der Waals surface area (Å²) >= 11 is 0. The normalized spacial score (nSPS) is 11.4. The van der Waals surface area contributed by atoms with E-state index in [0.717, 1.165) is 43.8 Å². The van der Waals surface area contributed by atoms with Gasteiger partial charge < -0.3 is 22.4 Å². The Kier molecular flexibility index (Phi) is 6.16. The Bertz CT molecular complexity index is 2040. The van der Waals surface area contributed by atoms with Crippen LogP contribution in [0.1, 0.15) is 0 Å². The van der Waals surface area contributed by atoms with E-state index in [9.17, 15) is 0 Å². The molecule has 10 heteroatoms. The zero-order chi connectivity index (χ0) is 26.2. The quantitative estimate of drug-likeness (QED) is 0.252. The van der Waals surface area contributed by atoms with Crippen LogP contribution in [0, 0.1) is 0 Å². The molecule has 3 aromatic heterocycles. The van der Waals surface area contributed by atoms with Crippen molar-refractivity contribution in [1.82, 2.24) is 39.9 Å². The third-order valence-electron chi connectivity index (χ3n) is 7.46. The third-order valence-corrected chi connectivity index (χ3v) is 7.46. The van der Waals surface area contributed by atoms with Gasteiger partial charge in [0, 0.05) is 63.6 Å². The van der Waals surface area contributed by atoms with Crippen LogP contribution in [0.3, 0.4) is 0 Å². The maximum Gasteiger partial charge on any atom is 0.164 e. The van der Waals surface area contributed by atoms with E-state index in [-0.39, 0.29) is 32.2 Å². The molecule has 4 aromatic carbocycles. The van der Waals surface area contributed by atoms with Crippen molar-refractivity contribution in [2.24, 2.45) is 0 Å². The summed E-state index contributed by atoms with van der Waals surface area (Å²) in [4.78, 5) is 36.8. The number of halogens is 1. The number of hydrogen-bond acceptors (Lipinski definition) is 6. The number of aromatic amines is 2. The van der Waals surface area contributed by atoms with Gasteiger partial charge in [-0.05, 0) is 0 Å². The second-order valence-electron chi connectivity index (χ2n) is 9.79. The molecule has 0 aliphatic carbocycles. The van der Waals surface area contributed by atoms with Gasteiger partial charge in [0.1, 0.15) is 22.6 Å². The SMILES string of the molecule is [Cl-].[Ga].c1ccc2c(c1)-c1nc-2nc2[nH]c(nc3nc(nc4[nH]c(n1)c1ccccc41)-c1ccccc1-3)c1ccccc21. The molecule has 0 atom stereocenters. The molecule has 42 heavy (non-hydrogen) atoms. The minimum atomic E-state index is 0. The van der Waals surface area contributed by atoms with Crippen molar-refractivity contribution in [3.63, 3.8) is 0 Å². The first kappa shape index (κ1) is 26.1. The van der Waals surface area contributed by atoms with Gasteiger partial charge >= 0.3 is 0 Å².